The highest BCUT2D eigenvalue weighted by Crippen LogP contribution is 2.58. The Labute approximate surface area is 179 Å². The number of halogens is 1. The molecule has 6 heteroatoms. The zero-order valence-electron chi connectivity index (χ0n) is 19.1. The molecular weight excluding hydrogens is 379 g/mol. The summed E-state index contributed by atoms with van der Waals surface area (Å²) in [6.45, 7) is 11.7. The van der Waals surface area contributed by atoms with Crippen molar-refractivity contribution in [3.05, 3.63) is 41.7 Å². The van der Waals surface area contributed by atoms with Gasteiger partial charge in [-0.15, -0.1) is 0 Å². The highest BCUT2D eigenvalue weighted by molar-refractivity contribution is 5.84. The van der Waals surface area contributed by atoms with E-state index < -0.39 is 11.0 Å². The van der Waals surface area contributed by atoms with Crippen LogP contribution in [0.25, 0.3) is 5.70 Å². The number of hydrogen-bond donors (Lipinski definition) is 1. The van der Waals surface area contributed by atoms with Gasteiger partial charge in [0.25, 0.3) is 0 Å². The van der Waals surface area contributed by atoms with Gasteiger partial charge in [0.15, 0.2) is 0 Å². The Bertz CT molecular complexity index is 897. The quantitative estimate of drug-likeness (QED) is 0.604. The molecule has 1 N–H and O–H groups in total. The van der Waals surface area contributed by atoms with Gasteiger partial charge in [0, 0.05) is 12.6 Å². The summed E-state index contributed by atoms with van der Waals surface area (Å²) in [4.78, 5) is 13.2. The second-order valence-corrected chi connectivity index (χ2v) is 9.58. The van der Waals surface area contributed by atoms with Crippen molar-refractivity contribution < 1.29 is 9.18 Å². The van der Waals surface area contributed by atoms with Gasteiger partial charge in [-0.1, -0.05) is 45.9 Å². The minimum Gasteiger partial charge on any atom is -0.338 e. The van der Waals surface area contributed by atoms with Crippen LogP contribution in [0.4, 0.5) is 4.39 Å². The summed E-state index contributed by atoms with van der Waals surface area (Å²) in [5.74, 6) is -0.191. The molecule has 1 aliphatic rings. The molecule has 0 heterocycles. The van der Waals surface area contributed by atoms with Gasteiger partial charge in [-0.3, -0.25) is 4.79 Å². The summed E-state index contributed by atoms with van der Waals surface area (Å²) in [5.41, 5.74) is -0.940. The lowest BCUT2D eigenvalue weighted by Gasteiger charge is -2.43. The van der Waals surface area contributed by atoms with E-state index in [9.17, 15) is 14.4 Å². The monoisotopic (exact) mass is 412 g/mol. The number of carbonyl (C=O) groups is 1. The van der Waals surface area contributed by atoms with Gasteiger partial charge >= 0.3 is 0 Å². The molecule has 1 aromatic carbocycles. The Morgan fingerprint density at radius 3 is 2.57 bits per heavy atom. The largest absolute Gasteiger partial charge is 0.338 e. The second-order valence-electron chi connectivity index (χ2n) is 9.58. The lowest BCUT2D eigenvalue weighted by Crippen LogP contribution is -2.53. The minimum absolute atomic E-state index is 0.0544. The summed E-state index contributed by atoms with van der Waals surface area (Å²) in [6, 6.07) is 8.68. The standard InChI is InChI=1S/C24H33FN4O/c1-16(14-20(29-27-7)17-10-8-9-11-19(17)25)18-12-13-24(6,23(18,4)5)21(30)28-22(2,3)15-26/h8-11,14,16,18H,12-13H2,1-7H3,(H,28,30)/b20-14-,29-27-/t16?,18-,24?/m0/s1. The molecule has 0 aromatic heterocycles. The van der Waals surface area contributed by atoms with Crippen LogP contribution in [0.2, 0.25) is 0 Å². The van der Waals surface area contributed by atoms with E-state index in [1.54, 1.807) is 39.1 Å². The lowest BCUT2D eigenvalue weighted by molar-refractivity contribution is -0.137. The molecule has 0 saturated heterocycles. The van der Waals surface area contributed by atoms with Gasteiger partial charge < -0.3 is 5.32 Å². The number of nitrogens with one attached hydrogen (secondary N) is 1. The fourth-order valence-electron chi connectivity index (χ4n) is 4.63. The number of carbonyl (C=O) groups excluding carboxylic acids is 1. The normalized spacial score (nSPS) is 25.2. The molecule has 2 rings (SSSR count). The predicted molar refractivity (Wildman–Crippen MR) is 117 cm³/mol. The first-order valence-corrected chi connectivity index (χ1v) is 10.4. The molecule has 3 atom stereocenters. The summed E-state index contributed by atoms with van der Waals surface area (Å²) < 4.78 is 14.3. The number of allylic oxidation sites excluding steroid dienone is 1. The molecule has 1 aliphatic carbocycles. The van der Waals surface area contributed by atoms with Crippen LogP contribution in [-0.4, -0.2) is 18.5 Å². The Morgan fingerprint density at radius 2 is 2.00 bits per heavy atom. The van der Waals surface area contributed by atoms with Crippen LogP contribution >= 0.6 is 0 Å². The van der Waals surface area contributed by atoms with Crippen LogP contribution in [0.3, 0.4) is 0 Å². The molecule has 0 radical (unpaired) electrons. The number of hydrogen-bond acceptors (Lipinski definition) is 4. The Morgan fingerprint density at radius 1 is 1.37 bits per heavy atom. The number of azo groups is 1. The van der Waals surface area contributed by atoms with Gasteiger partial charge in [0.05, 0.1) is 17.2 Å². The van der Waals surface area contributed by atoms with E-state index in [0.29, 0.717) is 11.3 Å². The van der Waals surface area contributed by atoms with E-state index in [0.717, 1.165) is 12.8 Å². The SMILES string of the molecule is C/N=N\C(=C/C(C)[C@@H]1CCC(C)(C(=O)NC(C)(C)C#N)C1(C)C)c1ccccc1F. The average molecular weight is 413 g/mol. The number of nitrogens with zero attached hydrogens (tertiary/aromatic N) is 3. The van der Waals surface area contributed by atoms with Gasteiger partial charge in [-0.2, -0.15) is 15.5 Å². The van der Waals surface area contributed by atoms with Crippen molar-refractivity contribution in [2.24, 2.45) is 32.9 Å². The molecule has 1 saturated carbocycles. The zero-order valence-corrected chi connectivity index (χ0v) is 19.1. The zero-order chi connectivity index (χ0) is 22.7. The topological polar surface area (TPSA) is 77.6 Å². The van der Waals surface area contributed by atoms with Crippen molar-refractivity contribution >= 4 is 11.6 Å². The summed E-state index contributed by atoms with van der Waals surface area (Å²) in [6.07, 6.45) is 3.54. The van der Waals surface area contributed by atoms with Crippen LogP contribution in [0, 0.1) is 39.8 Å². The number of amides is 1. The van der Waals surface area contributed by atoms with E-state index in [-0.39, 0.29) is 29.0 Å². The van der Waals surface area contributed by atoms with Gasteiger partial charge in [-0.25, -0.2) is 4.39 Å². The third-order valence-electron chi connectivity index (χ3n) is 6.92. The fourth-order valence-corrected chi connectivity index (χ4v) is 4.63. The molecule has 0 bridgehead atoms. The Hall–Kier alpha value is -2.55. The molecule has 2 unspecified atom stereocenters. The maximum Gasteiger partial charge on any atom is 0.227 e. The van der Waals surface area contributed by atoms with Gasteiger partial charge in [-0.05, 0) is 56.1 Å². The Balaban J connectivity index is 2.35. The van der Waals surface area contributed by atoms with E-state index in [1.807, 2.05) is 13.0 Å². The van der Waals surface area contributed by atoms with Crippen molar-refractivity contribution in [1.82, 2.24) is 5.32 Å². The van der Waals surface area contributed by atoms with Gasteiger partial charge in [0.1, 0.15) is 11.4 Å². The average Bonchev–Trinajstić information content (AvgIpc) is 2.92. The van der Waals surface area contributed by atoms with Gasteiger partial charge in [0.2, 0.25) is 5.91 Å². The van der Waals surface area contributed by atoms with Crippen LogP contribution in [0.1, 0.15) is 59.9 Å². The predicted octanol–water partition coefficient (Wildman–Crippen LogP) is 5.75. The highest BCUT2D eigenvalue weighted by atomic mass is 19.1. The van der Waals surface area contributed by atoms with Crippen molar-refractivity contribution in [3.8, 4) is 6.07 Å². The first-order valence-electron chi connectivity index (χ1n) is 10.4. The smallest absolute Gasteiger partial charge is 0.227 e. The Kier molecular flexibility index (Phi) is 6.86. The van der Waals surface area contributed by atoms with Crippen LogP contribution in [-0.2, 0) is 4.79 Å². The van der Waals surface area contributed by atoms with E-state index in [2.05, 4.69) is 42.4 Å². The maximum absolute atomic E-state index is 14.3. The summed E-state index contributed by atoms with van der Waals surface area (Å²) >= 11 is 0. The molecule has 30 heavy (non-hydrogen) atoms. The van der Waals surface area contributed by atoms with E-state index in [1.165, 1.54) is 6.07 Å². The molecule has 1 amide bonds. The van der Waals surface area contributed by atoms with Crippen molar-refractivity contribution in [2.75, 3.05) is 7.05 Å². The first-order chi connectivity index (χ1) is 13.9. The number of rotatable bonds is 6. The summed E-state index contributed by atoms with van der Waals surface area (Å²) in [7, 11) is 1.57. The summed E-state index contributed by atoms with van der Waals surface area (Å²) in [5, 5.41) is 20.2. The molecule has 0 aliphatic heterocycles. The van der Waals surface area contributed by atoms with E-state index in [4.69, 9.17) is 0 Å². The molecule has 0 spiro atoms. The van der Waals surface area contributed by atoms with E-state index >= 15 is 0 Å². The number of benzene rings is 1. The molecule has 162 valence electrons. The van der Waals surface area contributed by atoms with Crippen molar-refractivity contribution in [1.29, 1.82) is 5.26 Å². The van der Waals surface area contributed by atoms with Crippen LogP contribution in [0.15, 0.2) is 40.6 Å². The van der Waals surface area contributed by atoms with Crippen LogP contribution < -0.4 is 5.32 Å². The molecule has 5 nitrogen and oxygen atoms in total. The second kappa shape index (κ2) is 8.67. The fraction of sp³-hybridized carbons (Fsp3) is 0.583. The lowest BCUT2D eigenvalue weighted by atomic mass is 9.62. The van der Waals surface area contributed by atoms with Crippen molar-refractivity contribution in [2.45, 2.75) is 59.9 Å². The highest BCUT2D eigenvalue weighted by Gasteiger charge is 2.57. The third-order valence-corrected chi connectivity index (χ3v) is 6.92. The van der Waals surface area contributed by atoms with Crippen molar-refractivity contribution in [3.63, 3.8) is 0 Å². The first kappa shape index (κ1) is 23.7. The van der Waals surface area contributed by atoms with Crippen LogP contribution in [0.5, 0.6) is 0 Å². The molecule has 1 fully saturated rings. The maximum atomic E-state index is 14.3. The molecule has 1 aromatic rings. The number of nitriles is 1. The molecular formula is C24H33FN4O. The minimum atomic E-state index is -0.917. The third kappa shape index (κ3) is 4.45.